The van der Waals surface area contributed by atoms with Gasteiger partial charge in [0, 0.05) is 6.54 Å². The zero-order chi connectivity index (χ0) is 15.6. The zero-order valence-corrected chi connectivity index (χ0v) is 12.7. The number of nitrogens with one attached hydrogen (secondary N) is 1. The second kappa shape index (κ2) is 4.00. The molecule has 21 heavy (non-hydrogen) atoms. The zero-order valence-electron chi connectivity index (χ0n) is 12.7. The molecule has 1 saturated carbocycles. The summed E-state index contributed by atoms with van der Waals surface area (Å²) in [4.78, 5) is 26.4. The van der Waals surface area contributed by atoms with Gasteiger partial charge in [-0.3, -0.25) is 4.57 Å². The van der Waals surface area contributed by atoms with E-state index in [2.05, 4.69) is 32.7 Å². The molecule has 0 atom stereocenters. The van der Waals surface area contributed by atoms with Gasteiger partial charge in [0.05, 0.1) is 16.6 Å². The van der Waals surface area contributed by atoms with Gasteiger partial charge in [-0.2, -0.15) is 0 Å². The van der Waals surface area contributed by atoms with Crippen LogP contribution in [-0.2, 0) is 6.54 Å². The van der Waals surface area contributed by atoms with Crippen LogP contribution in [0.5, 0.6) is 0 Å². The number of carbonyl (C=O) groups is 1. The Morgan fingerprint density at radius 1 is 1.29 bits per heavy atom. The number of hydrogen-bond donors (Lipinski definition) is 2. The Morgan fingerprint density at radius 3 is 2.43 bits per heavy atom. The maximum atomic E-state index is 12.2. The van der Waals surface area contributed by atoms with Crippen molar-refractivity contribution in [3.05, 3.63) is 34.2 Å². The van der Waals surface area contributed by atoms with Crippen LogP contribution in [0.25, 0.3) is 11.0 Å². The summed E-state index contributed by atoms with van der Waals surface area (Å²) in [5.41, 5.74) is 1.30. The van der Waals surface area contributed by atoms with Gasteiger partial charge < -0.3 is 10.1 Å². The van der Waals surface area contributed by atoms with E-state index in [1.54, 1.807) is 16.7 Å². The second-order valence-electron chi connectivity index (χ2n) is 7.04. The van der Waals surface area contributed by atoms with Gasteiger partial charge >= 0.3 is 11.7 Å². The van der Waals surface area contributed by atoms with Crippen LogP contribution in [0.1, 0.15) is 38.1 Å². The summed E-state index contributed by atoms with van der Waals surface area (Å²) >= 11 is 0. The van der Waals surface area contributed by atoms with Gasteiger partial charge in [-0.25, -0.2) is 9.59 Å². The summed E-state index contributed by atoms with van der Waals surface area (Å²) in [6.45, 7) is 9.31. The normalized spacial score (nSPS) is 19.8. The SMILES string of the molecule is CC1(C)C(Cn2c(=O)[nH]c3cccc(C(=O)O)c32)C1(C)C. The smallest absolute Gasteiger partial charge is 0.337 e. The number of carboxylic acid groups (broad SMARTS) is 1. The third kappa shape index (κ3) is 1.76. The summed E-state index contributed by atoms with van der Waals surface area (Å²) in [7, 11) is 0. The molecule has 1 fully saturated rings. The number of carboxylic acids is 1. The maximum Gasteiger partial charge on any atom is 0.337 e. The van der Waals surface area contributed by atoms with Crippen LogP contribution in [-0.4, -0.2) is 20.6 Å². The maximum absolute atomic E-state index is 12.2. The van der Waals surface area contributed by atoms with Crippen LogP contribution in [0.2, 0.25) is 0 Å². The molecule has 1 aromatic carbocycles. The van der Waals surface area contributed by atoms with Crippen molar-refractivity contribution in [2.24, 2.45) is 16.7 Å². The average Bonchev–Trinajstić information content (AvgIpc) is 2.67. The lowest BCUT2D eigenvalue weighted by molar-refractivity contribution is 0.0698. The molecular weight excluding hydrogens is 268 g/mol. The van der Waals surface area contributed by atoms with Crippen molar-refractivity contribution < 1.29 is 9.90 Å². The molecule has 1 aliphatic carbocycles. The van der Waals surface area contributed by atoms with E-state index in [9.17, 15) is 14.7 Å². The lowest BCUT2D eigenvalue weighted by Crippen LogP contribution is -2.20. The van der Waals surface area contributed by atoms with Crippen LogP contribution in [0.4, 0.5) is 0 Å². The fraction of sp³-hybridized carbons (Fsp3) is 0.500. The van der Waals surface area contributed by atoms with Crippen LogP contribution < -0.4 is 5.69 Å². The number of para-hydroxylation sites is 1. The first-order valence-electron chi connectivity index (χ1n) is 7.12. The molecule has 0 amide bonds. The Balaban J connectivity index is 2.14. The number of imidazole rings is 1. The van der Waals surface area contributed by atoms with Gasteiger partial charge in [0.1, 0.15) is 0 Å². The number of hydrogen-bond acceptors (Lipinski definition) is 2. The minimum atomic E-state index is -1.01. The number of fused-ring (bicyclic) bond motifs is 1. The van der Waals surface area contributed by atoms with Crippen molar-refractivity contribution >= 4 is 17.0 Å². The van der Waals surface area contributed by atoms with E-state index < -0.39 is 5.97 Å². The highest BCUT2D eigenvalue weighted by Gasteiger charge is 2.64. The van der Waals surface area contributed by atoms with E-state index in [0.717, 1.165) is 0 Å². The second-order valence-corrected chi connectivity index (χ2v) is 7.04. The van der Waals surface area contributed by atoms with E-state index in [1.807, 2.05) is 0 Å². The Bertz CT molecular complexity index is 781. The van der Waals surface area contributed by atoms with Crippen molar-refractivity contribution in [3.63, 3.8) is 0 Å². The minimum absolute atomic E-state index is 0.147. The first-order chi connectivity index (χ1) is 9.68. The van der Waals surface area contributed by atoms with Gasteiger partial charge in [-0.1, -0.05) is 33.8 Å². The van der Waals surface area contributed by atoms with Gasteiger partial charge in [-0.05, 0) is 28.9 Å². The first kappa shape index (κ1) is 13.9. The van der Waals surface area contributed by atoms with Gasteiger partial charge in [0.2, 0.25) is 0 Å². The average molecular weight is 288 g/mol. The molecular formula is C16H20N2O3. The third-order valence-corrected chi connectivity index (χ3v) is 5.71. The molecule has 3 rings (SSSR count). The van der Waals surface area contributed by atoms with Crippen molar-refractivity contribution in [2.75, 3.05) is 0 Å². The van der Waals surface area contributed by atoms with Gasteiger partial charge in [0.25, 0.3) is 0 Å². The molecule has 0 bridgehead atoms. The molecule has 5 heteroatoms. The van der Waals surface area contributed by atoms with Crippen molar-refractivity contribution in [3.8, 4) is 0 Å². The molecule has 2 N–H and O–H groups in total. The summed E-state index contributed by atoms with van der Waals surface area (Å²) in [5, 5.41) is 9.34. The monoisotopic (exact) mass is 288 g/mol. The number of aromatic amines is 1. The van der Waals surface area contributed by atoms with Crippen molar-refractivity contribution in [2.45, 2.75) is 34.2 Å². The molecule has 1 heterocycles. The highest BCUT2D eigenvalue weighted by molar-refractivity contribution is 6.01. The molecule has 0 saturated heterocycles. The molecule has 112 valence electrons. The Hall–Kier alpha value is -2.04. The van der Waals surface area contributed by atoms with E-state index in [-0.39, 0.29) is 22.1 Å². The molecule has 0 aliphatic heterocycles. The summed E-state index contributed by atoms with van der Waals surface area (Å²) < 4.78 is 1.58. The molecule has 2 aromatic rings. The largest absolute Gasteiger partial charge is 0.478 e. The predicted octanol–water partition coefficient (Wildman–Crippen LogP) is 2.71. The quantitative estimate of drug-likeness (QED) is 0.911. The highest BCUT2D eigenvalue weighted by Crippen LogP contribution is 2.68. The van der Waals surface area contributed by atoms with Gasteiger partial charge in [-0.15, -0.1) is 0 Å². The van der Waals surface area contributed by atoms with Crippen molar-refractivity contribution in [1.29, 1.82) is 0 Å². The fourth-order valence-electron chi connectivity index (χ4n) is 3.54. The lowest BCUT2D eigenvalue weighted by atomic mass is 10.0. The van der Waals surface area contributed by atoms with E-state index in [0.29, 0.717) is 23.5 Å². The predicted molar refractivity (Wildman–Crippen MR) is 80.6 cm³/mol. The fourth-order valence-corrected chi connectivity index (χ4v) is 3.54. The Kier molecular flexibility index (Phi) is 2.65. The lowest BCUT2D eigenvalue weighted by Gasteiger charge is -2.07. The highest BCUT2D eigenvalue weighted by atomic mass is 16.4. The summed E-state index contributed by atoms with van der Waals surface area (Å²) in [6.07, 6.45) is 0. The first-order valence-corrected chi connectivity index (χ1v) is 7.12. The van der Waals surface area contributed by atoms with E-state index in [1.165, 1.54) is 6.07 Å². The number of aromatic nitrogens is 2. The Morgan fingerprint density at radius 2 is 1.90 bits per heavy atom. The molecule has 0 spiro atoms. The number of aromatic carboxylic acids is 1. The minimum Gasteiger partial charge on any atom is -0.478 e. The summed E-state index contributed by atoms with van der Waals surface area (Å²) in [5.74, 6) is -0.661. The third-order valence-electron chi connectivity index (χ3n) is 5.71. The number of benzene rings is 1. The van der Waals surface area contributed by atoms with Crippen LogP contribution >= 0.6 is 0 Å². The molecule has 1 aliphatic rings. The molecule has 0 unspecified atom stereocenters. The van der Waals surface area contributed by atoms with Crippen LogP contribution in [0.3, 0.4) is 0 Å². The Labute approximate surface area is 122 Å². The van der Waals surface area contributed by atoms with Crippen molar-refractivity contribution in [1.82, 2.24) is 9.55 Å². The van der Waals surface area contributed by atoms with Crippen LogP contribution in [0.15, 0.2) is 23.0 Å². The summed E-state index contributed by atoms with van der Waals surface area (Å²) in [6, 6.07) is 4.93. The molecule has 5 nitrogen and oxygen atoms in total. The molecule has 0 radical (unpaired) electrons. The topological polar surface area (TPSA) is 75.1 Å². The van der Waals surface area contributed by atoms with E-state index >= 15 is 0 Å². The van der Waals surface area contributed by atoms with E-state index in [4.69, 9.17) is 0 Å². The standard InChI is InChI=1S/C16H20N2O3/c1-15(2)11(16(15,3)4)8-18-12-9(13(19)20)6-5-7-10(12)17-14(18)21/h5-7,11H,8H2,1-4H3,(H,17,21)(H,19,20). The number of rotatable bonds is 3. The van der Waals surface area contributed by atoms with Gasteiger partial charge in [0.15, 0.2) is 0 Å². The molecule has 1 aromatic heterocycles. The van der Waals surface area contributed by atoms with Crippen LogP contribution in [0, 0.1) is 16.7 Å². The number of nitrogens with zero attached hydrogens (tertiary/aromatic N) is 1. The number of H-pyrrole nitrogens is 1.